The van der Waals surface area contributed by atoms with Crippen LogP contribution in [0.1, 0.15) is 11.8 Å². The van der Waals surface area contributed by atoms with Gasteiger partial charge in [-0.05, 0) is 29.8 Å². The third-order valence-corrected chi connectivity index (χ3v) is 4.55. The predicted molar refractivity (Wildman–Crippen MR) is 102 cm³/mol. The minimum Gasteiger partial charge on any atom is -0.508 e. The van der Waals surface area contributed by atoms with Crippen molar-refractivity contribution < 1.29 is 25.2 Å². The topological polar surface area (TPSA) is 184 Å². The lowest BCUT2D eigenvalue weighted by atomic mass is 10.1. The Morgan fingerprint density at radius 3 is 2.66 bits per heavy atom. The number of phenols is 1. The first-order chi connectivity index (χ1) is 14.0. The van der Waals surface area contributed by atoms with Crippen molar-refractivity contribution in [2.75, 3.05) is 17.8 Å². The summed E-state index contributed by atoms with van der Waals surface area (Å²) in [4.78, 5) is 12.4. The third kappa shape index (κ3) is 3.45. The number of nitrogens with zero attached hydrogens (tertiary/aromatic N) is 5. The Kier molecular flexibility index (Phi) is 4.98. The molecule has 0 saturated carbocycles. The zero-order chi connectivity index (χ0) is 20.5. The Hall–Kier alpha value is -3.32. The highest BCUT2D eigenvalue weighted by atomic mass is 16.6. The molecule has 4 atom stereocenters. The molecule has 29 heavy (non-hydrogen) atoms. The van der Waals surface area contributed by atoms with E-state index in [4.69, 9.17) is 10.5 Å². The van der Waals surface area contributed by atoms with Crippen LogP contribution >= 0.6 is 0 Å². The number of ether oxygens (including phenoxy) is 1. The predicted octanol–water partition coefficient (Wildman–Crippen LogP) is -0.828. The highest BCUT2D eigenvalue weighted by Crippen LogP contribution is 2.35. The van der Waals surface area contributed by atoms with Crippen molar-refractivity contribution >= 4 is 29.1 Å². The van der Waals surface area contributed by atoms with E-state index < -0.39 is 31.1 Å². The summed E-state index contributed by atoms with van der Waals surface area (Å²) in [6.45, 7) is -0.472. The van der Waals surface area contributed by atoms with E-state index in [9.17, 15) is 20.4 Å². The van der Waals surface area contributed by atoms with Gasteiger partial charge in [-0.25, -0.2) is 20.4 Å². The summed E-state index contributed by atoms with van der Waals surface area (Å²) in [5, 5.41) is 43.3. The van der Waals surface area contributed by atoms with Gasteiger partial charge in [-0.1, -0.05) is 0 Å². The van der Waals surface area contributed by atoms with E-state index in [2.05, 4.69) is 25.5 Å². The Morgan fingerprint density at radius 1 is 1.21 bits per heavy atom. The van der Waals surface area contributed by atoms with Gasteiger partial charge < -0.3 is 30.9 Å². The first kappa shape index (κ1) is 19.0. The molecule has 12 heteroatoms. The molecular weight excluding hydrogens is 382 g/mol. The monoisotopic (exact) mass is 401 g/mol. The summed E-state index contributed by atoms with van der Waals surface area (Å²) >= 11 is 0. The quantitative estimate of drug-likeness (QED) is 0.233. The molecule has 2 aromatic heterocycles. The lowest BCUT2D eigenvalue weighted by molar-refractivity contribution is -0.0501. The van der Waals surface area contributed by atoms with Gasteiger partial charge in [-0.3, -0.25) is 4.57 Å². The molecule has 152 valence electrons. The van der Waals surface area contributed by atoms with Gasteiger partial charge >= 0.3 is 0 Å². The van der Waals surface area contributed by atoms with Gasteiger partial charge in [0.25, 0.3) is 0 Å². The number of imidazole rings is 1. The highest BCUT2D eigenvalue weighted by molar-refractivity contribution is 5.84. The standard InChI is InChI=1S/C17H19N7O5/c18-14-11-15(20-7-19-14)24(16-13(28)12(27)10(6-25)29-16)17(22-11)23-21-5-8-1-3-9(26)4-2-8/h1-5,7,10,12-13,16,25-28H,6H2,(H,22,23)(H2,18,19,20)/b21-5-/t10-,12+,13-,16+/m0/s1. The van der Waals surface area contributed by atoms with Gasteiger partial charge in [-0.15, -0.1) is 0 Å². The molecule has 1 aromatic carbocycles. The van der Waals surface area contributed by atoms with Crippen LogP contribution in [-0.2, 0) is 4.74 Å². The summed E-state index contributed by atoms with van der Waals surface area (Å²) < 4.78 is 6.99. The van der Waals surface area contributed by atoms with Gasteiger partial charge in [-0.2, -0.15) is 5.10 Å². The van der Waals surface area contributed by atoms with Crippen molar-refractivity contribution in [3.8, 4) is 5.75 Å². The average Bonchev–Trinajstić information content (AvgIpc) is 3.22. The molecule has 0 spiro atoms. The van der Waals surface area contributed by atoms with Crippen molar-refractivity contribution in [3.05, 3.63) is 36.2 Å². The molecular formula is C17H19N7O5. The second-order valence-electron chi connectivity index (χ2n) is 6.43. The summed E-state index contributed by atoms with van der Waals surface area (Å²) in [6.07, 6.45) is -1.97. The summed E-state index contributed by atoms with van der Waals surface area (Å²) in [7, 11) is 0. The van der Waals surface area contributed by atoms with Crippen LogP contribution in [0.5, 0.6) is 5.75 Å². The second-order valence-corrected chi connectivity index (χ2v) is 6.43. The lowest BCUT2D eigenvalue weighted by Crippen LogP contribution is -2.33. The minimum absolute atomic E-state index is 0.117. The van der Waals surface area contributed by atoms with E-state index in [1.54, 1.807) is 12.1 Å². The molecule has 4 rings (SSSR count). The Bertz CT molecular complexity index is 1040. The molecule has 1 saturated heterocycles. The van der Waals surface area contributed by atoms with Crippen LogP contribution in [0.25, 0.3) is 11.2 Å². The Balaban J connectivity index is 1.71. The first-order valence-corrected chi connectivity index (χ1v) is 8.68. The van der Waals surface area contributed by atoms with Crippen molar-refractivity contribution in [1.82, 2.24) is 19.5 Å². The fraction of sp³-hybridized carbons (Fsp3) is 0.294. The first-order valence-electron chi connectivity index (χ1n) is 8.68. The van der Waals surface area contributed by atoms with Crippen LogP contribution in [0.2, 0.25) is 0 Å². The number of fused-ring (bicyclic) bond motifs is 1. The molecule has 1 aliphatic heterocycles. The van der Waals surface area contributed by atoms with E-state index in [0.717, 1.165) is 0 Å². The van der Waals surface area contributed by atoms with Crippen molar-refractivity contribution in [2.24, 2.45) is 5.10 Å². The van der Waals surface area contributed by atoms with E-state index in [1.807, 2.05) is 0 Å². The number of phenolic OH excluding ortho intramolecular Hbond substituents is 1. The lowest BCUT2D eigenvalue weighted by Gasteiger charge is -2.18. The SMILES string of the molecule is Nc1ncnc2c1nc(N/N=C\c1ccc(O)cc1)n2[C@@H]1O[C@@H](CO)[C@@H](O)[C@@H]1O. The summed E-state index contributed by atoms with van der Waals surface area (Å²) in [5.41, 5.74) is 9.84. The van der Waals surface area contributed by atoms with Crippen LogP contribution < -0.4 is 11.2 Å². The number of hydrogen-bond acceptors (Lipinski definition) is 11. The third-order valence-electron chi connectivity index (χ3n) is 4.55. The molecule has 0 unspecified atom stereocenters. The number of aromatic hydroxyl groups is 1. The van der Waals surface area contributed by atoms with E-state index >= 15 is 0 Å². The van der Waals surface area contributed by atoms with Crippen LogP contribution in [0.4, 0.5) is 11.8 Å². The number of anilines is 2. The molecule has 3 aromatic rings. The molecule has 7 N–H and O–H groups in total. The fourth-order valence-electron chi connectivity index (χ4n) is 3.06. The van der Waals surface area contributed by atoms with Crippen molar-refractivity contribution in [3.63, 3.8) is 0 Å². The molecule has 12 nitrogen and oxygen atoms in total. The van der Waals surface area contributed by atoms with Gasteiger partial charge in [0.1, 0.15) is 30.4 Å². The Labute approximate surface area is 163 Å². The van der Waals surface area contributed by atoms with Gasteiger partial charge in [0.05, 0.1) is 12.8 Å². The highest BCUT2D eigenvalue weighted by Gasteiger charge is 2.45. The molecule has 0 radical (unpaired) electrons. The number of aliphatic hydroxyl groups excluding tert-OH is 3. The van der Waals surface area contributed by atoms with Gasteiger partial charge in [0, 0.05) is 0 Å². The van der Waals surface area contributed by atoms with Crippen molar-refractivity contribution in [2.45, 2.75) is 24.5 Å². The van der Waals surface area contributed by atoms with Crippen LogP contribution in [0.3, 0.4) is 0 Å². The maximum absolute atomic E-state index is 10.4. The van der Waals surface area contributed by atoms with E-state index in [0.29, 0.717) is 5.56 Å². The maximum atomic E-state index is 10.4. The van der Waals surface area contributed by atoms with Gasteiger partial charge in [0.2, 0.25) is 5.95 Å². The van der Waals surface area contributed by atoms with Crippen molar-refractivity contribution in [1.29, 1.82) is 0 Å². The zero-order valence-electron chi connectivity index (χ0n) is 15.0. The molecule has 3 heterocycles. The molecule has 0 bridgehead atoms. The number of hydrazone groups is 1. The number of hydrogen-bond donors (Lipinski definition) is 6. The number of benzene rings is 1. The van der Waals surface area contributed by atoms with E-state index in [1.165, 1.54) is 29.2 Å². The fourth-order valence-corrected chi connectivity index (χ4v) is 3.06. The maximum Gasteiger partial charge on any atom is 0.228 e. The van der Waals surface area contributed by atoms with Gasteiger partial charge in [0.15, 0.2) is 23.2 Å². The number of nitrogens with two attached hydrogens (primary N) is 1. The molecule has 0 amide bonds. The number of nitrogen functional groups attached to an aromatic ring is 1. The Morgan fingerprint density at radius 2 is 1.97 bits per heavy atom. The molecule has 0 aliphatic carbocycles. The normalized spacial score (nSPS) is 24.5. The number of nitrogens with one attached hydrogen (secondary N) is 1. The number of rotatable bonds is 5. The summed E-state index contributed by atoms with van der Waals surface area (Å²) in [5.74, 6) is 0.387. The number of aliphatic hydroxyl groups is 3. The molecule has 1 fully saturated rings. The summed E-state index contributed by atoms with van der Waals surface area (Å²) in [6, 6.07) is 6.37. The minimum atomic E-state index is -1.35. The zero-order valence-corrected chi connectivity index (χ0v) is 15.0. The molecule has 1 aliphatic rings. The smallest absolute Gasteiger partial charge is 0.228 e. The van der Waals surface area contributed by atoms with E-state index in [-0.39, 0.29) is 28.7 Å². The van der Waals surface area contributed by atoms with Crippen LogP contribution in [0.15, 0.2) is 35.7 Å². The van der Waals surface area contributed by atoms with Crippen LogP contribution in [0, 0.1) is 0 Å². The van der Waals surface area contributed by atoms with Crippen LogP contribution in [-0.4, -0.2) is 71.1 Å². The second kappa shape index (κ2) is 7.60. The average molecular weight is 401 g/mol. The largest absolute Gasteiger partial charge is 0.508 e. The number of aromatic nitrogens is 4.